The highest BCUT2D eigenvalue weighted by atomic mass is 19.1. The van der Waals surface area contributed by atoms with E-state index in [0.717, 1.165) is 18.5 Å². The molecule has 0 bridgehead atoms. The average Bonchev–Trinajstić information content (AvgIpc) is 3.63. The maximum absolute atomic E-state index is 15.2. The molecule has 1 fully saturated rings. The fraction of sp³-hybridized carbons (Fsp3) is 0.333. The zero-order valence-corrected chi connectivity index (χ0v) is 21.5. The van der Waals surface area contributed by atoms with Gasteiger partial charge in [0.05, 0.1) is 28.9 Å². The number of carbonyl (C=O) groups is 1. The van der Waals surface area contributed by atoms with Gasteiger partial charge in [-0.15, -0.1) is 0 Å². The van der Waals surface area contributed by atoms with Crippen molar-refractivity contribution in [2.75, 3.05) is 4.90 Å². The zero-order valence-electron chi connectivity index (χ0n) is 21.5. The van der Waals surface area contributed by atoms with E-state index in [1.165, 1.54) is 17.3 Å². The second-order valence-corrected chi connectivity index (χ2v) is 10.1. The summed E-state index contributed by atoms with van der Waals surface area (Å²) in [7, 11) is 1.82. The van der Waals surface area contributed by atoms with Crippen molar-refractivity contribution in [3.63, 3.8) is 0 Å². The molecule has 1 aliphatic carbocycles. The molecule has 1 amide bonds. The second-order valence-electron chi connectivity index (χ2n) is 10.1. The molecule has 194 valence electrons. The van der Waals surface area contributed by atoms with E-state index in [-0.39, 0.29) is 12.6 Å². The number of ether oxygens (including phenoxy) is 2. The van der Waals surface area contributed by atoms with Crippen LogP contribution in [0.2, 0.25) is 0 Å². The predicted molar refractivity (Wildman–Crippen MR) is 136 cm³/mol. The first-order valence-electron chi connectivity index (χ1n) is 12.3. The van der Waals surface area contributed by atoms with Gasteiger partial charge in [-0.05, 0) is 51.3 Å². The van der Waals surface area contributed by atoms with Gasteiger partial charge in [0.25, 0.3) is 0 Å². The third kappa shape index (κ3) is 4.33. The first-order chi connectivity index (χ1) is 18.2. The summed E-state index contributed by atoms with van der Waals surface area (Å²) in [6.45, 7) is 5.46. The van der Waals surface area contributed by atoms with Crippen LogP contribution in [0.4, 0.5) is 15.0 Å². The molecule has 10 nitrogen and oxygen atoms in total. The number of hydrogen-bond donors (Lipinski definition) is 0. The number of halogens is 1. The first-order valence-corrected chi connectivity index (χ1v) is 12.3. The molecule has 1 aromatic carbocycles. The summed E-state index contributed by atoms with van der Waals surface area (Å²) in [6, 6.07) is 4.84. The molecule has 0 N–H and O–H groups in total. The molecule has 0 atom stereocenters. The van der Waals surface area contributed by atoms with Crippen LogP contribution >= 0.6 is 0 Å². The van der Waals surface area contributed by atoms with Crippen molar-refractivity contribution < 1.29 is 18.7 Å². The van der Waals surface area contributed by atoms with E-state index in [1.807, 2.05) is 20.2 Å². The minimum absolute atomic E-state index is 0.0475. The van der Waals surface area contributed by atoms with Gasteiger partial charge in [0.1, 0.15) is 35.5 Å². The Bertz CT molecular complexity index is 1560. The normalized spacial score (nSPS) is 16.2. The highest BCUT2D eigenvalue weighted by molar-refractivity contribution is 5.90. The van der Waals surface area contributed by atoms with E-state index in [1.54, 1.807) is 42.9 Å². The van der Waals surface area contributed by atoms with Crippen molar-refractivity contribution in [1.29, 1.82) is 0 Å². The fourth-order valence-electron chi connectivity index (χ4n) is 4.48. The predicted octanol–water partition coefficient (Wildman–Crippen LogP) is 4.71. The molecule has 3 aromatic heterocycles. The number of amides is 1. The highest BCUT2D eigenvalue weighted by Crippen LogP contribution is 2.40. The van der Waals surface area contributed by atoms with E-state index in [9.17, 15) is 4.79 Å². The van der Waals surface area contributed by atoms with Crippen molar-refractivity contribution in [3.05, 3.63) is 65.8 Å². The van der Waals surface area contributed by atoms with E-state index in [0.29, 0.717) is 45.6 Å². The van der Waals surface area contributed by atoms with E-state index in [4.69, 9.17) is 14.5 Å². The van der Waals surface area contributed by atoms with Crippen LogP contribution in [0.25, 0.3) is 22.8 Å². The van der Waals surface area contributed by atoms with Crippen molar-refractivity contribution in [2.24, 2.45) is 7.05 Å². The molecule has 1 aliphatic heterocycles. The van der Waals surface area contributed by atoms with Crippen molar-refractivity contribution in [1.82, 2.24) is 29.5 Å². The molecule has 2 aliphatic rings. The Hall–Kier alpha value is -4.41. The van der Waals surface area contributed by atoms with Crippen LogP contribution in [-0.4, -0.2) is 41.7 Å². The Labute approximate surface area is 218 Å². The van der Waals surface area contributed by atoms with Gasteiger partial charge in [-0.1, -0.05) is 6.07 Å². The van der Waals surface area contributed by atoms with Gasteiger partial charge < -0.3 is 14.0 Å². The third-order valence-corrected chi connectivity index (χ3v) is 6.57. The molecule has 0 spiro atoms. The number of fused-ring (bicyclic) bond motifs is 1. The Morgan fingerprint density at radius 3 is 2.68 bits per heavy atom. The number of aromatic nitrogens is 6. The van der Waals surface area contributed by atoms with Gasteiger partial charge in [-0.25, -0.2) is 34.1 Å². The van der Waals surface area contributed by atoms with Gasteiger partial charge >= 0.3 is 6.09 Å². The smallest absolute Gasteiger partial charge is 0.416 e. The average molecular weight is 516 g/mol. The minimum Gasteiger partial charge on any atom is -0.474 e. The lowest BCUT2D eigenvalue weighted by atomic mass is 9.98. The third-order valence-electron chi connectivity index (χ3n) is 6.57. The molecule has 1 saturated carbocycles. The minimum atomic E-state index is -0.951. The second kappa shape index (κ2) is 8.86. The Morgan fingerprint density at radius 2 is 1.97 bits per heavy atom. The number of anilines is 1. The van der Waals surface area contributed by atoms with Crippen molar-refractivity contribution in [3.8, 4) is 28.7 Å². The molecule has 11 heteroatoms. The summed E-state index contributed by atoms with van der Waals surface area (Å²) in [4.78, 5) is 36.6. The molecule has 0 saturated heterocycles. The standard InChI is InChI=1S/C27H26FN7O3/c1-15-12-34(4)23(32-15)18-8-5-16(9-21(18)28)13-35-24-20(27(2,3)38-26(35)36)11-30-22(33-24)19-10-29-14-31-25(19)37-17-6-7-17/h5,8-12,14,17H,6-7,13H2,1-4H3. The maximum atomic E-state index is 15.2. The zero-order chi connectivity index (χ0) is 26.6. The number of nitrogens with zero attached hydrogens (tertiary/aromatic N) is 7. The number of hydrogen-bond acceptors (Lipinski definition) is 8. The monoisotopic (exact) mass is 515 g/mol. The van der Waals surface area contributed by atoms with Crippen LogP contribution in [0.5, 0.6) is 5.88 Å². The SMILES string of the molecule is Cc1cn(C)c(-c2ccc(CN3C(=O)OC(C)(C)c4cnc(-c5cncnc5OC5CC5)nc43)cc2F)n1. The van der Waals surface area contributed by atoms with Gasteiger partial charge in [0.15, 0.2) is 5.82 Å². The summed E-state index contributed by atoms with van der Waals surface area (Å²) in [5.41, 5.74) is 1.95. The summed E-state index contributed by atoms with van der Waals surface area (Å²) in [5.74, 6) is 1.19. The van der Waals surface area contributed by atoms with Crippen LogP contribution in [-0.2, 0) is 23.9 Å². The maximum Gasteiger partial charge on any atom is 0.416 e. The number of carbonyl (C=O) groups excluding carboxylic acids is 1. The summed E-state index contributed by atoms with van der Waals surface area (Å²) < 4.78 is 28.6. The van der Waals surface area contributed by atoms with Crippen LogP contribution in [0.15, 0.2) is 43.1 Å². The molecule has 4 aromatic rings. The summed E-state index contributed by atoms with van der Waals surface area (Å²) in [5, 5.41) is 0. The highest BCUT2D eigenvalue weighted by Gasteiger charge is 2.40. The van der Waals surface area contributed by atoms with Crippen LogP contribution in [0.3, 0.4) is 0 Å². The first kappa shape index (κ1) is 24.0. The van der Waals surface area contributed by atoms with E-state index < -0.39 is 17.5 Å². The van der Waals surface area contributed by atoms with Crippen molar-refractivity contribution in [2.45, 2.75) is 51.9 Å². The Morgan fingerprint density at radius 1 is 1.16 bits per heavy atom. The summed E-state index contributed by atoms with van der Waals surface area (Å²) >= 11 is 0. The number of rotatable bonds is 6. The largest absolute Gasteiger partial charge is 0.474 e. The molecule has 6 rings (SSSR count). The van der Waals surface area contributed by atoms with Crippen molar-refractivity contribution >= 4 is 11.9 Å². The van der Waals surface area contributed by atoms with E-state index in [2.05, 4.69) is 19.9 Å². The summed E-state index contributed by atoms with van der Waals surface area (Å²) in [6.07, 6.45) is 7.95. The molecule has 38 heavy (non-hydrogen) atoms. The van der Waals surface area contributed by atoms with Gasteiger partial charge in [-0.3, -0.25) is 4.90 Å². The van der Waals surface area contributed by atoms with Crippen LogP contribution in [0, 0.1) is 12.7 Å². The molecule has 0 radical (unpaired) electrons. The van der Waals surface area contributed by atoms with Gasteiger partial charge in [0.2, 0.25) is 5.88 Å². The lowest BCUT2D eigenvalue weighted by Crippen LogP contribution is -2.43. The van der Waals surface area contributed by atoms with Crippen LogP contribution in [0.1, 0.15) is 43.5 Å². The van der Waals surface area contributed by atoms with Gasteiger partial charge in [0, 0.05) is 25.6 Å². The quantitative estimate of drug-likeness (QED) is 0.363. The number of imidazole rings is 1. The molecule has 4 heterocycles. The number of benzene rings is 1. The molecular weight excluding hydrogens is 489 g/mol. The topological polar surface area (TPSA) is 108 Å². The molecule has 0 unspecified atom stereocenters. The fourth-order valence-corrected chi connectivity index (χ4v) is 4.48. The molecular formula is C27H26FN7O3. The Kier molecular flexibility index (Phi) is 5.59. The van der Waals surface area contributed by atoms with Crippen LogP contribution < -0.4 is 9.64 Å². The lowest BCUT2D eigenvalue weighted by Gasteiger charge is -2.37. The van der Waals surface area contributed by atoms with E-state index >= 15 is 4.39 Å². The Balaban J connectivity index is 1.37. The number of cyclic esters (lactones) is 1. The number of aryl methyl sites for hydroxylation is 2. The van der Waals surface area contributed by atoms with Gasteiger partial charge in [-0.2, -0.15) is 0 Å². The lowest BCUT2D eigenvalue weighted by molar-refractivity contribution is 0.0338.